The van der Waals surface area contributed by atoms with Crippen molar-refractivity contribution < 1.29 is 25.2 Å². The fourth-order valence-electron chi connectivity index (χ4n) is 13.8. The molecule has 4 aliphatic carbocycles. The summed E-state index contributed by atoms with van der Waals surface area (Å²) in [6, 6.07) is 0. The lowest BCUT2D eigenvalue weighted by Crippen LogP contribution is -2.70. The van der Waals surface area contributed by atoms with E-state index in [0.717, 1.165) is 77.0 Å². The monoisotopic (exact) mass is 742 g/mol. The molecule has 53 heavy (non-hydrogen) atoms. The zero-order chi connectivity index (χ0) is 39.1. The number of fused-ring (bicyclic) bond motifs is 5. The van der Waals surface area contributed by atoms with Crippen molar-refractivity contribution in [2.24, 2.45) is 45.3 Å². The number of hydrogen-bond donors (Lipinski definition) is 3. The first-order valence-electron chi connectivity index (χ1n) is 22.8. The Morgan fingerprint density at radius 3 is 1.77 bits per heavy atom. The largest absolute Gasteiger partial charge is 0.550 e. The third-order valence-electron chi connectivity index (χ3n) is 17.4. The van der Waals surface area contributed by atoms with Crippen molar-refractivity contribution in [1.82, 2.24) is 0 Å². The SMILES string of the molecule is CC(C)=CCC[C@](C)(O)[C@H]1CC[C@]2(C)[C@@H]1CC[C@@H]1[C@@]3(C)[C@H](O)C[C@@](O)(CCCCCCCCCCCCCCCCCC(=O)[O-])C(C)(C)[C@@H]3CC[C@]12C. The minimum Gasteiger partial charge on any atom is -0.550 e. The Morgan fingerprint density at radius 2 is 1.25 bits per heavy atom. The van der Waals surface area contributed by atoms with Gasteiger partial charge in [0.15, 0.2) is 0 Å². The first-order valence-corrected chi connectivity index (χ1v) is 22.8. The zero-order valence-corrected chi connectivity index (χ0v) is 36.0. The quantitative estimate of drug-likeness (QED) is 0.0757. The van der Waals surface area contributed by atoms with Crippen LogP contribution in [-0.2, 0) is 4.79 Å². The molecule has 4 saturated carbocycles. The second kappa shape index (κ2) is 18.6. The molecular weight excluding hydrogens is 657 g/mol. The molecule has 3 N–H and O–H groups in total. The highest BCUT2D eigenvalue weighted by Crippen LogP contribution is 2.76. The van der Waals surface area contributed by atoms with E-state index in [0.29, 0.717) is 30.1 Å². The van der Waals surface area contributed by atoms with E-state index < -0.39 is 23.3 Å². The van der Waals surface area contributed by atoms with Gasteiger partial charge in [-0.25, -0.2) is 0 Å². The Balaban J connectivity index is 1.22. The van der Waals surface area contributed by atoms with Crippen LogP contribution in [-0.4, -0.2) is 38.6 Å². The Morgan fingerprint density at radius 1 is 0.736 bits per heavy atom. The molecule has 0 aliphatic heterocycles. The van der Waals surface area contributed by atoms with E-state index in [9.17, 15) is 25.2 Å². The van der Waals surface area contributed by atoms with Crippen molar-refractivity contribution in [1.29, 1.82) is 0 Å². The number of carbonyl (C=O) groups is 1. The maximum Gasteiger partial charge on any atom is 0.0726 e. The number of aliphatic carboxylic acids is 1. The summed E-state index contributed by atoms with van der Waals surface area (Å²) in [7, 11) is 0. The molecule has 5 heteroatoms. The Bertz CT molecular complexity index is 1190. The lowest BCUT2D eigenvalue weighted by Gasteiger charge is -2.72. The van der Waals surface area contributed by atoms with E-state index in [1.165, 1.54) is 82.6 Å². The molecule has 0 amide bonds. The third kappa shape index (κ3) is 9.63. The Kier molecular flexibility index (Phi) is 15.7. The van der Waals surface area contributed by atoms with Crippen LogP contribution in [0.1, 0.15) is 222 Å². The molecule has 0 spiro atoms. The van der Waals surface area contributed by atoms with Gasteiger partial charge in [0.1, 0.15) is 0 Å². The molecule has 5 nitrogen and oxygen atoms in total. The van der Waals surface area contributed by atoms with Gasteiger partial charge in [-0.15, -0.1) is 0 Å². The van der Waals surface area contributed by atoms with Crippen molar-refractivity contribution in [3.63, 3.8) is 0 Å². The van der Waals surface area contributed by atoms with Crippen molar-refractivity contribution in [3.8, 4) is 0 Å². The van der Waals surface area contributed by atoms with Crippen LogP contribution in [0, 0.1) is 45.3 Å². The van der Waals surface area contributed by atoms with Gasteiger partial charge in [0.05, 0.1) is 17.3 Å². The molecule has 0 aromatic heterocycles. The molecule has 4 aliphatic rings. The number of carboxylic acid groups (broad SMARTS) is 1. The Hall–Kier alpha value is -0.910. The summed E-state index contributed by atoms with van der Waals surface area (Å²) in [5.41, 5.74) is -0.304. The molecule has 0 aromatic carbocycles. The predicted molar refractivity (Wildman–Crippen MR) is 218 cm³/mol. The number of allylic oxidation sites excluding steroid dienone is 2. The summed E-state index contributed by atoms with van der Waals surface area (Å²) in [6.07, 6.45) is 29.9. The number of rotatable bonds is 22. The molecule has 4 rings (SSSR count). The predicted octanol–water partition coefficient (Wildman–Crippen LogP) is 11.3. The van der Waals surface area contributed by atoms with Crippen LogP contribution in [0.25, 0.3) is 0 Å². The second-order valence-corrected chi connectivity index (χ2v) is 21.0. The molecule has 0 heterocycles. The van der Waals surface area contributed by atoms with Crippen LogP contribution in [0.5, 0.6) is 0 Å². The number of unbranched alkanes of at least 4 members (excludes halogenated alkanes) is 14. The van der Waals surface area contributed by atoms with Gasteiger partial charge in [-0.1, -0.05) is 136 Å². The van der Waals surface area contributed by atoms with E-state index in [1.54, 1.807) is 0 Å². The minimum atomic E-state index is -0.920. The smallest absolute Gasteiger partial charge is 0.0726 e. The molecule has 0 bridgehead atoms. The fourth-order valence-corrected chi connectivity index (χ4v) is 13.8. The van der Waals surface area contributed by atoms with Gasteiger partial charge in [0.2, 0.25) is 0 Å². The third-order valence-corrected chi connectivity index (χ3v) is 17.4. The van der Waals surface area contributed by atoms with Crippen LogP contribution >= 0.6 is 0 Å². The molecule has 0 aromatic rings. The normalized spacial score (nSPS) is 37.3. The maximum atomic E-state index is 12.4. The highest BCUT2D eigenvalue weighted by molar-refractivity contribution is 5.64. The minimum absolute atomic E-state index is 0.127. The van der Waals surface area contributed by atoms with Gasteiger partial charge >= 0.3 is 0 Å². The average Bonchev–Trinajstić information content (AvgIpc) is 3.44. The molecule has 0 unspecified atom stereocenters. The van der Waals surface area contributed by atoms with E-state index in [1.807, 2.05) is 0 Å². The summed E-state index contributed by atoms with van der Waals surface area (Å²) in [5.74, 6) is 0.681. The van der Waals surface area contributed by atoms with Gasteiger partial charge in [-0.05, 0) is 131 Å². The van der Waals surface area contributed by atoms with Crippen molar-refractivity contribution in [2.75, 3.05) is 0 Å². The molecule has 308 valence electrons. The number of aliphatic hydroxyl groups is 3. The maximum absolute atomic E-state index is 12.4. The number of carboxylic acids is 1. The number of aliphatic hydroxyl groups excluding tert-OH is 1. The van der Waals surface area contributed by atoms with Crippen LogP contribution < -0.4 is 5.11 Å². The van der Waals surface area contributed by atoms with Crippen molar-refractivity contribution >= 4 is 5.97 Å². The lowest BCUT2D eigenvalue weighted by atomic mass is 9.33. The zero-order valence-electron chi connectivity index (χ0n) is 36.0. The number of hydrogen-bond acceptors (Lipinski definition) is 5. The van der Waals surface area contributed by atoms with Gasteiger partial charge < -0.3 is 25.2 Å². The first-order chi connectivity index (χ1) is 24.9. The van der Waals surface area contributed by atoms with E-state index in [4.69, 9.17) is 0 Å². The van der Waals surface area contributed by atoms with Gasteiger partial charge in [-0.2, -0.15) is 0 Å². The van der Waals surface area contributed by atoms with E-state index in [2.05, 4.69) is 61.5 Å². The second-order valence-electron chi connectivity index (χ2n) is 21.0. The Labute approximate surface area is 327 Å². The van der Waals surface area contributed by atoms with Gasteiger partial charge in [0, 0.05) is 17.8 Å². The summed E-state index contributed by atoms with van der Waals surface area (Å²) in [5, 5.41) is 47.1. The van der Waals surface area contributed by atoms with E-state index in [-0.39, 0.29) is 28.1 Å². The molecular formula is C48H85O5-. The lowest BCUT2D eigenvalue weighted by molar-refractivity contribution is -0.305. The van der Waals surface area contributed by atoms with Gasteiger partial charge in [-0.3, -0.25) is 0 Å². The molecule has 4 fully saturated rings. The first kappa shape index (κ1) is 44.8. The summed E-state index contributed by atoms with van der Waals surface area (Å²) >= 11 is 0. The standard InChI is InChI=1S/C48H86O5/c1-36(2)25-24-31-46(7,52)38-29-33-44(5)37(38)27-28-40-45(44,6)34-30-39-43(3,4)48(53,35-41(49)47(39,40)8)32-23-21-19-17-15-13-11-9-10-12-14-16-18-20-22-26-42(50)51/h25,37-41,49,52-53H,9-24,26-35H2,1-8H3,(H,50,51)/p-1/t37-,38+,39+,40+,41-,44-,45-,46+,47+,48+/m1/s1. The van der Waals surface area contributed by atoms with Gasteiger partial charge in [0.25, 0.3) is 0 Å². The fraction of sp³-hybridized carbons (Fsp3) is 0.938. The van der Waals surface area contributed by atoms with Crippen LogP contribution in [0.15, 0.2) is 11.6 Å². The average molecular weight is 742 g/mol. The number of carbonyl (C=O) groups excluding carboxylic acids is 1. The molecule has 10 atom stereocenters. The summed E-state index contributed by atoms with van der Waals surface area (Å²) < 4.78 is 0. The van der Waals surface area contributed by atoms with Crippen molar-refractivity contribution in [2.45, 2.75) is 240 Å². The molecule has 0 saturated heterocycles. The highest BCUT2D eigenvalue weighted by Gasteiger charge is 2.72. The topological polar surface area (TPSA) is 101 Å². The summed E-state index contributed by atoms with van der Waals surface area (Å²) in [4.78, 5) is 10.5. The summed E-state index contributed by atoms with van der Waals surface area (Å²) in [6.45, 7) is 18.6. The van der Waals surface area contributed by atoms with Crippen molar-refractivity contribution in [3.05, 3.63) is 11.6 Å². The van der Waals surface area contributed by atoms with E-state index >= 15 is 0 Å². The highest BCUT2D eigenvalue weighted by atomic mass is 16.4. The molecule has 0 radical (unpaired) electrons. The van der Waals surface area contributed by atoms with Crippen LogP contribution in [0.2, 0.25) is 0 Å². The van der Waals surface area contributed by atoms with Crippen LogP contribution in [0.4, 0.5) is 0 Å². The van der Waals surface area contributed by atoms with Crippen LogP contribution in [0.3, 0.4) is 0 Å².